The summed E-state index contributed by atoms with van der Waals surface area (Å²) in [6, 6.07) is 26.2. The molecule has 0 bridgehead atoms. The number of allylic oxidation sites excluding steroid dienone is 8. The minimum Gasteiger partial charge on any atom is -0.0808 e. The third kappa shape index (κ3) is 4.47. The van der Waals surface area contributed by atoms with Crippen molar-refractivity contribution in [3.05, 3.63) is 121 Å². The number of benzene rings is 4. The van der Waals surface area contributed by atoms with Crippen LogP contribution in [-0.4, -0.2) is 0 Å². The van der Waals surface area contributed by atoms with E-state index in [2.05, 4.69) is 121 Å². The molecule has 4 aromatic carbocycles. The quantitative estimate of drug-likeness (QED) is 0.277. The second-order valence-corrected chi connectivity index (χ2v) is 6.93. The standard InChI is InChI=1S/C18H12.2C5H6/c1-2-6-14-10-18-12-16-8-4-3-7-15(16)11-17(18)9-13(14)5-1;2*1-2-4-5-3-1/h1-12H;2*1-4H,5H2. The molecule has 2 aliphatic carbocycles. The molecule has 0 radical (unpaired) electrons. The van der Waals surface area contributed by atoms with Crippen LogP contribution in [0, 0.1) is 0 Å². The van der Waals surface area contributed by atoms with Crippen molar-refractivity contribution in [1.82, 2.24) is 0 Å². The van der Waals surface area contributed by atoms with Gasteiger partial charge in [0.2, 0.25) is 0 Å². The Kier molecular flexibility index (Phi) is 5.80. The predicted octanol–water partition coefficient (Wildman–Crippen LogP) is 8.15. The van der Waals surface area contributed by atoms with Gasteiger partial charge in [-0.15, -0.1) is 0 Å². The van der Waals surface area contributed by atoms with Crippen molar-refractivity contribution in [2.24, 2.45) is 0 Å². The zero-order chi connectivity index (χ0) is 19.0. The highest BCUT2D eigenvalue weighted by molar-refractivity contribution is 6.04. The summed E-state index contributed by atoms with van der Waals surface area (Å²) in [4.78, 5) is 0. The van der Waals surface area contributed by atoms with Crippen molar-refractivity contribution < 1.29 is 0 Å². The van der Waals surface area contributed by atoms with Crippen LogP contribution in [0.4, 0.5) is 0 Å². The third-order valence-corrected chi connectivity index (χ3v) is 4.88. The highest BCUT2D eigenvalue weighted by atomic mass is 14.0. The Hall–Kier alpha value is -3.38. The lowest BCUT2D eigenvalue weighted by atomic mass is 10.00. The van der Waals surface area contributed by atoms with Crippen LogP contribution in [-0.2, 0) is 0 Å². The van der Waals surface area contributed by atoms with Gasteiger partial charge in [0.05, 0.1) is 0 Å². The summed E-state index contributed by atoms with van der Waals surface area (Å²) in [5.74, 6) is 0. The van der Waals surface area contributed by atoms with Crippen molar-refractivity contribution in [3.63, 3.8) is 0 Å². The molecule has 0 nitrogen and oxygen atoms in total. The molecule has 0 amide bonds. The SMILES string of the molecule is C1=CCC=C1.C1=CCC=C1.c1ccc2cc3cc4ccccc4cc3cc2c1. The van der Waals surface area contributed by atoms with Crippen LogP contribution in [0.25, 0.3) is 32.3 Å². The van der Waals surface area contributed by atoms with E-state index in [1.54, 1.807) is 0 Å². The molecule has 0 saturated carbocycles. The van der Waals surface area contributed by atoms with E-state index in [9.17, 15) is 0 Å². The Bertz CT molecular complexity index is 1020. The van der Waals surface area contributed by atoms with Crippen LogP contribution in [0.1, 0.15) is 12.8 Å². The topological polar surface area (TPSA) is 0 Å². The van der Waals surface area contributed by atoms with Crippen LogP contribution in [0.3, 0.4) is 0 Å². The Labute approximate surface area is 166 Å². The van der Waals surface area contributed by atoms with E-state index in [-0.39, 0.29) is 0 Å². The minimum atomic E-state index is 1.14. The van der Waals surface area contributed by atoms with E-state index < -0.39 is 0 Å². The molecular weight excluding hydrogens is 336 g/mol. The molecule has 0 fully saturated rings. The van der Waals surface area contributed by atoms with Gasteiger partial charge in [-0.1, -0.05) is 97.1 Å². The predicted molar refractivity (Wildman–Crippen MR) is 125 cm³/mol. The second-order valence-electron chi connectivity index (χ2n) is 6.93. The molecule has 0 heterocycles. The molecule has 0 saturated heterocycles. The average molecular weight is 361 g/mol. The second kappa shape index (κ2) is 9.01. The van der Waals surface area contributed by atoms with E-state index in [0.717, 1.165) is 12.8 Å². The molecule has 0 N–H and O–H groups in total. The zero-order valence-corrected chi connectivity index (χ0v) is 16.0. The summed E-state index contributed by atoms with van der Waals surface area (Å²) in [5, 5.41) is 7.85. The van der Waals surface area contributed by atoms with Crippen molar-refractivity contribution in [3.8, 4) is 0 Å². The molecular formula is C28H24. The largest absolute Gasteiger partial charge is 0.0808 e. The fourth-order valence-corrected chi connectivity index (χ4v) is 3.42. The van der Waals surface area contributed by atoms with Gasteiger partial charge in [0.1, 0.15) is 0 Å². The molecule has 0 aliphatic heterocycles. The van der Waals surface area contributed by atoms with Crippen LogP contribution in [0.2, 0.25) is 0 Å². The highest BCUT2D eigenvalue weighted by Crippen LogP contribution is 2.27. The lowest BCUT2D eigenvalue weighted by Crippen LogP contribution is -1.78. The first kappa shape index (κ1) is 18.0. The summed E-state index contributed by atoms with van der Waals surface area (Å²) in [7, 11) is 0. The maximum Gasteiger partial charge on any atom is -0.0163 e. The van der Waals surface area contributed by atoms with Gasteiger partial charge in [0.15, 0.2) is 0 Å². The molecule has 136 valence electrons. The maximum absolute atomic E-state index is 2.27. The number of hydrogen-bond donors (Lipinski definition) is 0. The molecule has 28 heavy (non-hydrogen) atoms. The Morgan fingerprint density at radius 1 is 0.357 bits per heavy atom. The number of fused-ring (bicyclic) bond motifs is 3. The van der Waals surface area contributed by atoms with E-state index in [0.29, 0.717) is 0 Å². The number of rotatable bonds is 0. The minimum absolute atomic E-state index is 1.14. The van der Waals surface area contributed by atoms with Gasteiger partial charge < -0.3 is 0 Å². The van der Waals surface area contributed by atoms with E-state index in [1.165, 1.54) is 32.3 Å². The lowest BCUT2D eigenvalue weighted by Gasteiger charge is -2.04. The summed E-state index contributed by atoms with van der Waals surface area (Å²) < 4.78 is 0. The highest BCUT2D eigenvalue weighted by Gasteiger charge is 2.00. The van der Waals surface area contributed by atoms with Crippen molar-refractivity contribution in [2.75, 3.05) is 0 Å². The molecule has 2 aliphatic rings. The van der Waals surface area contributed by atoms with Crippen LogP contribution < -0.4 is 0 Å². The van der Waals surface area contributed by atoms with E-state index in [1.807, 2.05) is 0 Å². The van der Waals surface area contributed by atoms with Crippen molar-refractivity contribution >= 4 is 32.3 Å². The molecule has 0 aromatic heterocycles. The fourth-order valence-electron chi connectivity index (χ4n) is 3.42. The first-order valence-electron chi connectivity index (χ1n) is 9.85. The molecule has 0 heteroatoms. The van der Waals surface area contributed by atoms with Crippen LogP contribution >= 0.6 is 0 Å². The smallest absolute Gasteiger partial charge is 0.0163 e. The van der Waals surface area contributed by atoms with Crippen LogP contribution in [0.5, 0.6) is 0 Å². The first-order chi connectivity index (χ1) is 13.9. The van der Waals surface area contributed by atoms with Gasteiger partial charge in [0.25, 0.3) is 0 Å². The fraction of sp³-hybridized carbons (Fsp3) is 0.0714. The molecule has 0 spiro atoms. The number of hydrogen-bond acceptors (Lipinski definition) is 0. The molecule has 6 rings (SSSR count). The molecule has 0 unspecified atom stereocenters. The summed E-state index contributed by atoms with van der Waals surface area (Å²) in [6.07, 6.45) is 19.0. The summed E-state index contributed by atoms with van der Waals surface area (Å²) >= 11 is 0. The van der Waals surface area contributed by atoms with Gasteiger partial charge in [-0.3, -0.25) is 0 Å². The average Bonchev–Trinajstić information content (AvgIpc) is 3.50. The Morgan fingerprint density at radius 3 is 0.857 bits per heavy atom. The third-order valence-electron chi connectivity index (χ3n) is 4.88. The Morgan fingerprint density at radius 2 is 0.643 bits per heavy atom. The summed E-state index contributed by atoms with van der Waals surface area (Å²) in [5.41, 5.74) is 0. The van der Waals surface area contributed by atoms with Gasteiger partial charge in [-0.05, 0) is 69.4 Å². The lowest BCUT2D eigenvalue weighted by molar-refractivity contribution is 1.45. The monoisotopic (exact) mass is 360 g/mol. The van der Waals surface area contributed by atoms with Crippen molar-refractivity contribution in [1.29, 1.82) is 0 Å². The molecule has 4 aromatic rings. The van der Waals surface area contributed by atoms with Gasteiger partial charge in [0, 0.05) is 0 Å². The van der Waals surface area contributed by atoms with Gasteiger partial charge in [-0.25, -0.2) is 0 Å². The van der Waals surface area contributed by atoms with Crippen molar-refractivity contribution in [2.45, 2.75) is 12.8 Å². The van der Waals surface area contributed by atoms with Gasteiger partial charge >= 0.3 is 0 Å². The van der Waals surface area contributed by atoms with E-state index in [4.69, 9.17) is 0 Å². The molecule has 0 atom stereocenters. The van der Waals surface area contributed by atoms with Crippen LogP contribution in [0.15, 0.2) is 121 Å². The Balaban J connectivity index is 0.000000157. The summed E-state index contributed by atoms with van der Waals surface area (Å²) in [6.45, 7) is 0. The normalized spacial score (nSPS) is 13.6. The van der Waals surface area contributed by atoms with Gasteiger partial charge in [-0.2, -0.15) is 0 Å². The van der Waals surface area contributed by atoms with E-state index >= 15 is 0 Å². The zero-order valence-electron chi connectivity index (χ0n) is 16.0. The maximum atomic E-state index is 2.27. The first-order valence-corrected chi connectivity index (χ1v) is 9.85.